The Morgan fingerprint density at radius 1 is 1.58 bits per heavy atom. The third-order valence-corrected chi connectivity index (χ3v) is 2.63. The van der Waals surface area contributed by atoms with Crippen LogP contribution >= 0.6 is 0 Å². The van der Waals surface area contributed by atoms with E-state index < -0.39 is 0 Å². The third kappa shape index (κ3) is 2.08. The van der Waals surface area contributed by atoms with Crippen LogP contribution in [0.3, 0.4) is 0 Å². The van der Waals surface area contributed by atoms with Crippen LogP contribution in [0.1, 0.15) is 32.6 Å². The molecule has 0 saturated carbocycles. The van der Waals surface area contributed by atoms with Crippen LogP contribution in [-0.2, 0) is 0 Å². The summed E-state index contributed by atoms with van der Waals surface area (Å²) in [6.45, 7) is 2.31. The van der Waals surface area contributed by atoms with Gasteiger partial charge < -0.3 is 10.2 Å². The molecule has 0 fully saturated rings. The van der Waals surface area contributed by atoms with Crippen molar-refractivity contribution < 1.29 is 10.2 Å². The zero-order chi connectivity index (χ0) is 9.03. The van der Waals surface area contributed by atoms with Gasteiger partial charge in [0, 0.05) is 5.41 Å². The molecule has 2 heteroatoms. The largest absolute Gasteiger partial charge is 0.395 e. The Bertz CT molecular complexity index is 165. The Kier molecular flexibility index (Phi) is 3.29. The van der Waals surface area contributed by atoms with Crippen molar-refractivity contribution >= 4 is 0 Å². The van der Waals surface area contributed by atoms with Gasteiger partial charge >= 0.3 is 0 Å². The predicted molar refractivity (Wildman–Crippen MR) is 48.8 cm³/mol. The highest BCUT2D eigenvalue weighted by Gasteiger charge is 2.32. The fourth-order valence-electron chi connectivity index (χ4n) is 1.78. The van der Waals surface area contributed by atoms with Gasteiger partial charge in [0.25, 0.3) is 0 Å². The van der Waals surface area contributed by atoms with E-state index in [4.69, 9.17) is 0 Å². The van der Waals surface area contributed by atoms with Gasteiger partial charge in [0.05, 0.1) is 12.7 Å². The quantitative estimate of drug-likeness (QED) is 0.627. The first-order valence-electron chi connectivity index (χ1n) is 4.71. The molecule has 1 aliphatic rings. The van der Waals surface area contributed by atoms with Gasteiger partial charge in [-0.3, -0.25) is 0 Å². The standard InChI is InChI=1S/C10H18O2/c1-2-3-5-10(8-11)6-4-9(12)7-10/h4,6,9,11-12H,2-3,5,7-8H2,1H3/t9-,10+/m1/s1. The molecule has 2 nitrogen and oxygen atoms in total. The van der Waals surface area contributed by atoms with Crippen molar-refractivity contribution in [1.82, 2.24) is 0 Å². The smallest absolute Gasteiger partial charge is 0.0730 e. The maximum atomic E-state index is 9.30. The Morgan fingerprint density at radius 3 is 2.75 bits per heavy atom. The molecule has 0 spiro atoms. The highest BCUT2D eigenvalue weighted by atomic mass is 16.3. The van der Waals surface area contributed by atoms with Gasteiger partial charge in [0.15, 0.2) is 0 Å². The lowest BCUT2D eigenvalue weighted by molar-refractivity contribution is 0.111. The first-order valence-corrected chi connectivity index (χ1v) is 4.71. The number of aliphatic hydroxyl groups is 2. The number of hydrogen-bond donors (Lipinski definition) is 2. The van der Waals surface area contributed by atoms with E-state index in [1.54, 1.807) is 6.08 Å². The van der Waals surface area contributed by atoms with E-state index in [1.165, 1.54) is 0 Å². The molecule has 1 rings (SSSR count). The van der Waals surface area contributed by atoms with Crippen molar-refractivity contribution in [2.45, 2.75) is 38.7 Å². The molecule has 0 saturated heterocycles. The lowest BCUT2D eigenvalue weighted by Crippen LogP contribution is -2.22. The summed E-state index contributed by atoms with van der Waals surface area (Å²) in [7, 11) is 0. The maximum Gasteiger partial charge on any atom is 0.0730 e. The van der Waals surface area contributed by atoms with Gasteiger partial charge in [0.1, 0.15) is 0 Å². The van der Waals surface area contributed by atoms with E-state index in [1.807, 2.05) is 6.08 Å². The van der Waals surface area contributed by atoms with Crippen LogP contribution in [0.5, 0.6) is 0 Å². The Morgan fingerprint density at radius 2 is 2.33 bits per heavy atom. The molecule has 0 radical (unpaired) electrons. The van der Waals surface area contributed by atoms with Crippen LogP contribution < -0.4 is 0 Å². The van der Waals surface area contributed by atoms with Crippen molar-refractivity contribution in [3.05, 3.63) is 12.2 Å². The first-order chi connectivity index (χ1) is 5.72. The topological polar surface area (TPSA) is 40.5 Å². The molecule has 0 amide bonds. The summed E-state index contributed by atoms with van der Waals surface area (Å²) in [5.74, 6) is 0. The first kappa shape index (κ1) is 9.75. The van der Waals surface area contributed by atoms with E-state index in [2.05, 4.69) is 6.92 Å². The van der Waals surface area contributed by atoms with Crippen LogP contribution in [0.2, 0.25) is 0 Å². The number of hydrogen-bond acceptors (Lipinski definition) is 2. The predicted octanol–water partition coefficient (Wildman–Crippen LogP) is 1.48. The van der Waals surface area contributed by atoms with Gasteiger partial charge in [-0.15, -0.1) is 0 Å². The van der Waals surface area contributed by atoms with Crippen LogP contribution in [0, 0.1) is 5.41 Å². The molecule has 0 aliphatic heterocycles. The number of unbranched alkanes of at least 4 members (excludes halogenated alkanes) is 1. The number of aliphatic hydroxyl groups excluding tert-OH is 2. The molecule has 0 aromatic rings. The molecule has 12 heavy (non-hydrogen) atoms. The minimum atomic E-state index is -0.339. The Labute approximate surface area is 73.9 Å². The van der Waals surface area contributed by atoms with Gasteiger partial charge in [-0.25, -0.2) is 0 Å². The summed E-state index contributed by atoms with van der Waals surface area (Å²) in [6.07, 6.45) is 7.40. The third-order valence-electron chi connectivity index (χ3n) is 2.63. The van der Waals surface area contributed by atoms with Crippen LogP contribution in [-0.4, -0.2) is 22.9 Å². The average Bonchev–Trinajstić information content (AvgIpc) is 2.45. The molecule has 0 unspecified atom stereocenters. The van der Waals surface area contributed by atoms with E-state index in [0.717, 1.165) is 19.3 Å². The normalized spacial score (nSPS) is 34.4. The SMILES string of the molecule is CCCC[C@]1(CO)C=C[C@@H](O)C1. The van der Waals surface area contributed by atoms with Crippen molar-refractivity contribution in [3.8, 4) is 0 Å². The van der Waals surface area contributed by atoms with E-state index in [9.17, 15) is 10.2 Å². The van der Waals surface area contributed by atoms with Crippen molar-refractivity contribution in [3.63, 3.8) is 0 Å². The van der Waals surface area contributed by atoms with Gasteiger partial charge in [-0.05, 0) is 12.8 Å². The van der Waals surface area contributed by atoms with Crippen LogP contribution in [0.15, 0.2) is 12.2 Å². The van der Waals surface area contributed by atoms with Crippen molar-refractivity contribution in [2.75, 3.05) is 6.61 Å². The summed E-state index contributed by atoms with van der Waals surface area (Å²) >= 11 is 0. The highest BCUT2D eigenvalue weighted by molar-refractivity contribution is 5.11. The van der Waals surface area contributed by atoms with Crippen molar-refractivity contribution in [1.29, 1.82) is 0 Å². The lowest BCUT2D eigenvalue weighted by atomic mass is 9.83. The molecule has 70 valence electrons. The summed E-state index contributed by atoms with van der Waals surface area (Å²) < 4.78 is 0. The second-order valence-electron chi connectivity index (χ2n) is 3.75. The molecule has 1 aliphatic carbocycles. The van der Waals surface area contributed by atoms with Crippen molar-refractivity contribution in [2.24, 2.45) is 5.41 Å². The minimum Gasteiger partial charge on any atom is -0.395 e. The van der Waals surface area contributed by atoms with Crippen LogP contribution in [0.4, 0.5) is 0 Å². The number of rotatable bonds is 4. The molecular weight excluding hydrogens is 152 g/mol. The summed E-state index contributed by atoms with van der Waals surface area (Å²) in [5, 5.41) is 18.5. The highest BCUT2D eigenvalue weighted by Crippen LogP contribution is 2.36. The second-order valence-corrected chi connectivity index (χ2v) is 3.75. The molecular formula is C10H18O2. The summed E-state index contributed by atoms with van der Waals surface area (Å²) in [4.78, 5) is 0. The van der Waals surface area contributed by atoms with Gasteiger partial charge in [-0.1, -0.05) is 31.9 Å². The lowest BCUT2D eigenvalue weighted by Gasteiger charge is -2.24. The Balaban J connectivity index is 2.47. The van der Waals surface area contributed by atoms with E-state index in [0.29, 0.717) is 6.42 Å². The molecule has 0 aromatic carbocycles. The summed E-state index contributed by atoms with van der Waals surface area (Å²) in [5.41, 5.74) is -0.116. The second kappa shape index (κ2) is 4.06. The fourth-order valence-corrected chi connectivity index (χ4v) is 1.78. The molecule has 0 heterocycles. The van der Waals surface area contributed by atoms with Gasteiger partial charge in [-0.2, -0.15) is 0 Å². The Hall–Kier alpha value is -0.340. The molecule has 2 atom stereocenters. The van der Waals surface area contributed by atoms with E-state index >= 15 is 0 Å². The molecule has 0 bridgehead atoms. The molecule has 2 N–H and O–H groups in total. The monoisotopic (exact) mass is 170 g/mol. The van der Waals surface area contributed by atoms with E-state index in [-0.39, 0.29) is 18.1 Å². The molecule has 0 aromatic heterocycles. The fraction of sp³-hybridized carbons (Fsp3) is 0.800. The zero-order valence-corrected chi connectivity index (χ0v) is 7.66. The minimum absolute atomic E-state index is 0.116. The van der Waals surface area contributed by atoms with Gasteiger partial charge in [0.2, 0.25) is 0 Å². The van der Waals surface area contributed by atoms with Crippen LogP contribution in [0.25, 0.3) is 0 Å². The average molecular weight is 170 g/mol. The summed E-state index contributed by atoms with van der Waals surface area (Å²) in [6, 6.07) is 0. The maximum absolute atomic E-state index is 9.30. The zero-order valence-electron chi connectivity index (χ0n) is 7.66.